The first-order valence-electron chi connectivity index (χ1n) is 11.0. The van der Waals surface area contributed by atoms with E-state index >= 15 is 0 Å². The third-order valence-corrected chi connectivity index (χ3v) is 5.36. The first-order chi connectivity index (χ1) is 16.8. The summed E-state index contributed by atoms with van der Waals surface area (Å²) in [4.78, 5) is 13.0. The largest absolute Gasteiger partial charge is 0.497 e. The van der Waals surface area contributed by atoms with Crippen molar-refractivity contribution in [3.8, 4) is 5.75 Å². The number of carbonyl (C=O) groups is 1. The number of carbonyl (C=O) groups excluding carboxylic acids is 1. The van der Waals surface area contributed by atoms with Gasteiger partial charge in [-0.25, -0.2) is 8.78 Å². The van der Waals surface area contributed by atoms with Crippen molar-refractivity contribution in [3.63, 3.8) is 0 Å². The van der Waals surface area contributed by atoms with Crippen LogP contribution in [0.1, 0.15) is 35.3 Å². The number of nitrogen functional groups attached to an aromatic ring is 1. The molecular weight excluding hydrogens is 454 g/mol. The molecule has 0 aliphatic heterocycles. The average molecular weight is 483 g/mol. The number of amidine groups is 1. The van der Waals surface area contributed by atoms with Crippen LogP contribution < -0.4 is 21.1 Å². The van der Waals surface area contributed by atoms with Crippen LogP contribution in [0.15, 0.2) is 60.7 Å². The SMILES string of the molecule is CCOC(C(=O)NCc1ccc(C(=N)N)cc1NCc1ccccc1F)c1ccc(OC)cc1F. The molecule has 0 bridgehead atoms. The van der Waals surface area contributed by atoms with E-state index in [4.69, 9.17) is 20.6 Å². The maximum absolute atomic E-state index is 14.6. The Morgan fingerprint density at radius 2 is 1.80 bits per heavy atom. The van der Waals surface area contributed by atoms with Gasteiger partial charge in [0.15, 0.2) is 6.10 Å². The van der Waals surface area contributed by atoms with Crippen molar-refractivity contribution < 1.29 is 23.0 Å². The Balaban J connectivity index is 1.79. The molecule has 0 aliphatic carbocycles. The molecule has 184 valence electrons. The number of methoxy groups -OCH3 is 1. The van der Waals surface area contributed by atoms with E-state index in [-0.39, 0.29) is 36.9 Å². The van der Waals surface area contributed by atoms with Crippen molar-refractivity contribution >= 4 is 17.4 Å². The summed E-state index contributed by atoms with van der Waals surface area (Å²) in [5.74, 6) is -1.28. The molecule has 3 aromatic rings. The summed E-state index contributed by atoms with van der Waals surface area (Å²) in [7, 11) is 1.43. The summed E-state index contributed by atoms with van der Waals surface area (Å²) < 4.78 is 39.2. The molecule has 0 heterocycles. The van der Waals surface area contributed by atoms with E-state index in [0.29, 0.717) is 28.1 Å². The number of ether oxygens (including phenoxy) is 2. The summed E-state index contributed by atoms with van der Waals surface area (Å²) >= 11 is 0. The van der Waals surface area contributed by atoms with Gasteiger partial charge in [-0.1, -0.05) is 30.3 Å². The van der Waals surface area contributed by atoms with E-state index in [1.165, 1.54) is 25.3 Å². The van der Waals surface area contributed by atoms with E-state index in [1.54, 1.807) is 49.4 Å². The topological polar surface area (TPSA) is 109 Å². The van der Waals surface area contributed by atoms with Crippen LogP contribution >= 0.6 is 0 Å². The molecule has 35 heavy (non-hydrogen) atoms. The highest BCUT2D eigenvalue weighted by molar-refractivity contribution is 5.96. The Labute approximate surface area is 202 Å². The molecule has 1 atom stereocenters. The van der Waals surface area contributed by atoms with Gasteiger partial charge >= 0.3 is 0 Å². The molecular formula is C26H28F2N4O3. The predicted octanol–water partition coefficient (Wildman–Crippen LogP) is 4.26. The molecule has 0 fully saturated rings. The molecule has 0 saturated carbocycles. The summed E-state index contributed by atoms with van der Waals surface area (Å²) in [6.07, 6.45) is -1.16. The van der Waals surface area contributed by atoms with Gasteiger partial charge in [0.2, 0.25) is 0 Å². The Morgan fingerprint density at radius 3 is 2.46 bits per heavy atom. The summed E-state index contributed by atoms with van der Waals surface area (Å²) in [5.41, 5.74) is 7.90. The minimum Gasteiger partial charge on any atom is -0.497 e. The molecule has 0 aliphatic rings. The number of amides is 1. The zero-order valence-corrected chi connectivity index (χ0v) is 19.5. The second kappa shape index (κ2) is 11.9. The third-order valence-electron chi connectivity index (χ3n) is 5.36. The van der Waals surface area contributed by atoms with E-state index in [1.807, 2.05) is 0 Å². The number of hydrogen-bond donors (Lipinski definition) is 4. The normalized spacial score (nSPS) is 11.5. The number of benzene rings is 3. The number of hydrogen-bond acceptors (Lipinski definition) is 5. The van der Waals surface area contributed by atoms with Gasteiger partial charge in [-0.3, -0.25) is 10.2 Å². The second-order valence-corrected chi connectivity index (χ2v) is 7.67. The zero-order valence-electron chi connectivity index (χ0n) is 19.5. The minimum absolute atomic E-state index is 0.0813. The van der Waals surface area contributed by atoms with Gasteiger partial charge < -0.3 is 25.8 Å². The van der Waals surface area contributed by atoms with E-state index in [2.05, 4.69) is 10.6 Å². The lowest BCUT2D eigenvalue weighted by atomic mass is 10.1. The fourth-order valence-electron chi connectivity index (χ4n) is 3.49. The van der Waals surface area contributed by atoms with Crippen LogP contribution in [-0.2, 0) is 22.6 Å². The van der Waals surface area contributed by atoms with Crippen LogP contribution in [0, 0.1) is 17.0 Å². The molecule has 7 nitrogen and oxygen atoms in total. The van der Waals surface area contributed by atoms with Crippen molar-refractivity contribution in [2.45, 2.75) is 26.1 Å². The van der Waals surface area contributed by atoms with Crippen molar-refractivity contribution in [3.05, 3.63) is 94.6 Å². The summed E-state index contributed by atoms with van der Waals surface area (Å²) in [5, 5.41) is 13.6. The van der Waals surface area contributed by atoms with Crippen LogP contribution in [0.5, 0.6) is 5.75 Å². The third kappa shape index (κ3) is 6.54. The van der Waals surface area contributed by atoms with Gasteiger partial charge in [0.1, 0.15) is 23.2 Å². The van der Waals surface area contributed by atoms with Crippen LogP contribution in [0.4, 0.5) is 14.5 Å². The van der Waals surface area contributed by atoms with Crippen LogP contribution in [-0.4, -0.2) is 25.5 Å². The fraction of sp³-hybridized carbons (Fsp3) is 0.231. The molecule has 3 aromatic carbocycles. The first kappa shape index (κ1) is 25.6. The van der Waals surface area contributed by atoms with Crippen molar-refractivity contribution in [1.29, 1.82) is 5.41 Å². The molecule has 5 N–H and O–H groups in total. The van der Waals surface area contributed by atoms with Gasteiger partial charge in [0, 0.05) is 48.1 Å². The second-order valence-electron chi connectivity index (χ2n) is 7.67. The average Bonchev–Trinajstić information content (AvgIpc) is 2.85. The quantitative estimate of drug-likeness (QED) is 0.241. The number of halogens is 2. The number of nitrogens with one attached hydrogen (secondary N) is 3. The Hall–Kier alpha value is -3.98. The molecule has 0 saturated heterocycles. The molecule has 3 rings (SSSR count). The highest BCUT2D eigenvalue weighted by Crippen LogP contribution is 2.26. The van der Waals surface area contributed by atoms with Gasteiger partial charge in [-0.15, -0.1) is 0 Å². The molecule has 1 unspecified atom stereocenters. The molecule has 9 heteroatoms. The monoisotopic (exact) mass is 482 g/mol. The van der Waals surface area contributed by atoms with Crippen LogP contribution in [0.3, 0.4) is 0 Å². The van der Waals surface area contributed by atoms with Gasteiger partial charge in [-0.2, -0.15) is 0 Å². The Morgan fingerprint density at radius 1 is 1.03 bits per heavy atom. The van der Waals surface area contributed by atoms with E-state index in [9.17, 15) is 13.6 Å². The van der Waals surface area contributed by atoms with Crippen molar-refractivity contribution in [2.75, 3.05) is 19.0 Å². The summed E-state index contributed by atoms with van der Waals surface area (Å²) in [6.45, 7) is 2.19. The van der Waals surface area contributed by atoms with Gasteiger partial charge in [-0.05, 0) is 36.8 Å². The van der Waals surface area contributed by atoms with E-state index in [0.717, 1.165) is 0 Å². The molecule has 0 aromatic heterocycles. The molecule has 0 spiro atoms. The van der Waals surface area contributed by atoms with Crippen molar-refractivity contribution in [2.24, 2.45) is 5.73 Å². The van der Waals surface area contributed by atoms with Crippen LogP contribution in [0.25, 0.3) is 0 Å². The lowest BCUT2D eigenvalue weighted by Crippen LogP contribution is -2.31. The van der Waals surface area contributed by atoms with Crippen molar-refractivity contribution in [1.82, 2.24) is 5.32 Å². The van der Waals surface area contributed by atoms with Crippen LogP contribution in [0.2, 0.25) is 0 Å². The highest BCUT2D eigenvalue weighted by Gasteiger charge is 2.24. The lowest BCUT2D eigenvalue weighted by Gasteiger charge is -2.19. The summed E-state index contributed by atoms with van der Waals surface area (Å²) in [6, 6.07) is 15.6. The molecule has 1 amide bonds. The standard InChI is InChI=1S/C26H28F2N4O3/c1-3-35-24(20-11-10-19(34-2)13-22(20)28)26(33)32-15-18-9-8-16(25(29)30)12-23(18)31-14-17-6-4-5-7-21(17)27/h4-13,24,31H,3,14-15H2,1-2H3,(H3,29,30)(H,32,33). The maximum Gasteiger partial charge on any atom is 0.254 e. The van der Waals surface area contributed by atoms with Gasteiger partial charge in [0.05, 0.1) is 7.11 Å². The number of anilines is 1. The van der Waals surface area contributed by atoms with E-state index < -0.39 is 17.8 Å². The minimum atomic E-state index is -1.16. The lowest BCUT2D eigenvalue weighted by molar-refractivity contribution is -0.133. The number of rotatable bonds is 11. The number of nitrogens with two attached hydrogens (primary N) is 1. The molecule has 0 radical (unpaired) electrons. The predicted molar refractivity (Wildman–Crippen MR) is 130 cm³/mol. The smallest absolute Gasteiger partial charge is 0.254 e. The zero-order chi connectivity index (χ0) is 25.4. The highest BCUT2D eigenvalue weighted by atomic mass is 19.1. The Kier molecular flexibility index (Phi) is 8.74. The fourth-order valence-corrected chi connectivity index (χ4v) is 3.49. The maximum atomic E-state index is 14.6. The Bertz CT molecular complexity index is 1200. The van der Waals surface area contributed by atoms with Gasteiger partial charge in [0.25, 0.3) is 5.91 Å². The first-order valence-corrected chi connectivity index (χ1v) is 11.0.